The lowest BCUT2D eigenvalue weighted by atomic mass is 10.0. The first-order valence-electron chi connectivity index (χ1n) is 14.9. The molecule has 1 aliphatic rings. The Morgan fingerprint density at radius 1 is 0.978 bits per heavy atom. The molecular formula is C34H36BrN5O5S. The van der Waals surface area contributed by atoms with E-state index in [9.17, 15) is 13.6 Å². The molecule has 0 unspecified atom stereocenters. The highest BCUT2D eigenvalue weighted by atomic mass is 79.9. The van der Waals surface area contributed by atoms with E-state index in [0.29, 0.717) is 38.9 Å². The van der Waals surface area contributed by atoms with Crippen LogP contribution in [0.5, 0.6) is 11.5 Å². The molecule has 4 aromatic carbocycles. The first kappa shape index (κ1) is 33.1. The van der Waals surface area contributed by atoms with Crippen molar-refractivity contribution in [2.45, 2.75) is 30.8 Å². The zero-order valence-electron chi connectivity index (χ0n) is 25.5. The van der Waals surface area contributed by atoms with Gasteiger partial charge in [-0.2, -0.15) is 0 Å². The van der Waals surface area contributed by atoms with E-state index in [2.05, 4.69) is 30.9 Å². The maximum Gasteiger partial charge on any atom is 0.288 e. The molecule has 1 saturated heterocycles. The second kappa shape index (κ2) is 15.4. The molecule has 0 amide bonds. The lowest BCUT2D eigenvalue weighted by Gasteiger charge is -2.14. The second-order valence-electron chi connectivity index (χ2n) is 10.9. The topological polar surface area (TPSA) is 135 Å². The van der Waals surface area contributed by atoms with Crippen LogP contribution in [-0.2, 0) is 16.4 Å². The molecule has 240 valence electrons. The molecule has 1 fully saturated rings. The third-order valence-corrected chi connectivity index (χ3v) is 9.93. The molecule has 0 atom stereocenters. The minimum Gasteiger partial charge on any atom is -0.594 e. The standard InChI is InChI=1S/C21H18N4O3.C13H18BrNO2S/c1-27-20-12-18-19(25(26)24-21(22)23-18)11-17(20)15-8-5-9-16(10-15)28-13-14-6-3-2-4-7-14;14-12-4-6-13(7-5-12)18(16,17)11-3-10-15-8-1-2-9-15/h2-12H,13H2,1H3,(H2,22,23,24);4-7H,1-3,8-11H2. The summed E-state index contributed by atoms with van der Waals surface area (Å²) in [5.41, 5.74) is 8.95. The van der Waals surface area contributed by atoms with Gasteiger partial charge in [0.05, 0.1) is 22.9 Å². The summed E-state index contributed by atoms with van der Waals surface area (Å²) in [6, 6.07) is 27.8. The summed E-state index contributed by atoms with van der Waals surface area (Å²) in [4.78, 5) is 7.34. The molecule has 46 heavy (non-hydrogen) atoms. The number of rotatable bonds is 10. The van der Waals surface area contributed by atoms with Gasteiger partial charge < -0.3 is 25.3 Å². The predicted octanol–water partition coefficient (Wildman–Crippen LogP) is 5.81. The van der Waals surface area contributed by atoms with Crippen LogP contribution in [0.3, 0.4) is 0 Å². The van der Waals surface area contributed by atoms with Crippen LogP contribution < -0.4 is 20.1 Å². The van der Waals surface area contributed by atoms with Crippen LogP contribution in [0.4, 0.5) is 5.95 Å². The summed E-state index contributed by atoms with van der Waals surface area (Å²) in [5, 5.41) is 15.8. The number of ether oxygens (including phenoxy) is 2. The van der Waals surface area contributed by atoms with Crippen molar-refractivity contribution in [3.8, 4) is 22.6 Å². The van der Waals surface area contributed by atoms with Crippen LogP contribution in [0.25, 0.3) is 22.2 Å². The summed E-state index contributed by atoms with van der Waals surface area (Å²) in [7, 11) is -1.55. The van der Waals surface area contributed by atoms with E-state index in [0.717, 1.165) is 47.2 Å². The molecule has 0 spiro atoms. The molecule has 1 aromatic heterocycles. The fourth-order valence-corrected chi connectivity index (χ4v) is 6.79. The Morgan fingerprint density at radius 3 is 2.43 bits per heavy atom. The Hall–Kier alpha value is -4.26. The summed E-state index contributed by atoms with van der Waals surface area (Å²) in [5.74, 6) is 1.44. The Bertz CT molecular complexity index is 1870. The van der Waals surface area contributed by atoms with Gasteiger partial charge in [0.25, 0.3) is 11.5 Å². The number of benzene rings is 4. The van der Waals surface area contributed by atoms with Crippen molar-refractivity contribution in [1.29, 1.82) is 0 Å². The molecular weight excluding hydrogens is 670 g/mol. The first-order valence-corrected chi connectivity index (χ1v) is 17.4. The van der Waals surface area contributed by atoms with E-state index >= 15 is 0 Å². The van der Waals surface area contributed by atoms with Crippen molar-refractivity contribution in [1.82, 2.24) is 15.0 Å². The van der Waals surface area contributed by atoms with Crippen LogP contribution >= 0.6 is 15.9 Å². The number of hydrogen-bond acceptors (Lipinski definition) is 9. The van der Waals surface area contributed by atoms with Gasteiger partial charge >= 0.3 is 0 Å². The van der Waals surface area contributed by atoms with Crippen molar-refractivity contribution in [3.05, 3.63) is 106 Å². The van der Waals surface area contributed by atoms with Crippen LogP contribution in [0.15, 0.2) is 100 Å². The molecule has 1 aliphatic heterocycles. The van der Waals surface area contributed by atoms with Crippen LogP contribution in [0.1, 0.15) is 24.8 Å². The monoisotopic (exact) mass is 705 g/mol. The number of halogens is 1. The lowest BCUT2D eigenvalue weighted by molar-refractivity contribution is -0.641. The highest BCUT2D eigenvalue weighted by Crippen LogP contribution is 2.34. The van der Waals surface area contributed by atoms with Gasteiger partial charge in [0.15, 0.2) is 9.84 Å². The molecule has 10 nitrogen and oxygen atoms in total. The number of nitrogens with zero attached hydrogens (tertiary/aromatic N) is 4. The molecule has 0 bridgehead atoms. The second-order valence-corrected chi connectivity index (χ2v) is 13.9. The highest BCUT2D eigenvalue weighted by Gasteiger charge is 2.18. The number of hydrogen-bond donors (Lipinski definition) is 1. The van der Waals surface area contributed by atoms with Gasteiger partial charge in [0.1, 0.15) is 23.6 Å². The van der Waals surface area contributed by atoms with Gasteiger partial charge in [0.2, 0.25) is 0 Å². The Kier molecular flexibility index (Phi) is 11.1. The minimum atomic E-state index is -3.12. The quantitative estimate of drug-likeness (QED) is 0.141. The summed E-state index contributed by atoms with van der Waals surface area (Å²) in [6.07, 6.45) is 3.22. The summed E-state index contributed by atoms with van der Waals surface area (Å²) >= 11 is 3.31. The van der Waals surface area contributed by atoms with E-state index in [4.69, 9.17) is 15.2 Å². The van der Waals surface area contributed by atoms with Gasteiger partial charge in [0, 0.05) is 22.2 Å². The average molecular weight is 707 g/mol. The van der Waals surface area contributed by atoms with Gasteiger partial charge in [-0.25, -0.2) is 13.4 Å². The zero-order valence-corrected chi connectivity index (χ0v) is 27.9. The van der Waals surface area contributed by atoms with Gasteiger partial charge in [-0.05, 0) is 91.3 Å². The van der Waals surface area contributed by atoms with Gasteiger partial charge in [-0.15, -0.1) is 0 Å². The highest BCUT2D eigenvalue weighted by molar-refractivity contribution is 9.10. The van der Waals surface area contributed by atoms with Crippen molar-refractivity contribution in [3.63, 3.8) is 0 Å². The molecule has 0 aliphatic carbocycles. The molecule has 0 radical (unpaired) electrons. The minimum absolute atomic E-state index is 0.0892. The largest absolute Gasteiger partial charge is 0.594 e. The van der Waals surface area contributed by atoms with Crippen LogP contribution in [-0.4, -0.2) is 55.9 Å². The summed E-state index contributed by atoms with van der Waals surface area (Å²) < 4.78 is 36.5. The van der Waals surface area contributed by atoms with E-state index in [1.54, 1.807) is 43.5 Å². The Balaban J connectivity index is 0.000000200. The lowest BCUT2D eigenvalue weighted by Crippen LogP contribution is -2.33. The number of anilines is 1. The summed E-state index contributed by atoms with van der Waals surface area (Å²) in [6.45, 7) is 3.61. The zero-order chi connectivity index (χ0) is 32.5. The van der Waals surface area contributed by atoms with Crippen molar-refractivity contribution < 1.29 is 22.7 Å². The smallest absolute Gasteiger partial charge is 0.288 e. The van der Waals surface area contributed by atoms with Crippen molar-refractivity contribution in [2.24, 2.45) is 0 Å². The van der Waals surface area contributed by atoms with E-state index in [1.165, 1.54) is 12.8 Å². The maximum atomic E-state index is 12.1. The molecule has 5 aromatic rings. The molecule has 0 saturated carbocycles. The van der Waals surface area contributed by atoms with Gasteiger partial charge in [-0.3, -0.25) is 0 Å². The van der Waals surface area contributed by atoms with E-state index in [-0.39, 0.29) is 11.7 Å². The van der Waals surface area contributed by atoms with Crippen molar-refractivity contribution >= 4 is 42.7 Å². The van der Waals surface area contributed by atoms with Gasteiger partial charge in [-0.1, -0.05) is 58.4 Å². The number of fused-ring (bicyclic) bond motifs is 1. The number of likely N-dealkylation sites (tertiary alicyclic amines) is 1. The third kappa shape index (κ3) is 8.71. The number of nitrogen functional groups attached to an aromatic ring is 1. The number of aromatic nitrogens is 3. The van der Waals surface area contributed by atoms with Crippen molar-refractivity contribution in [2.75, 3.05) is 38.2 Å². The fourth-order valence-electron chi connectivity index (χ4n) is 5.23. The van der Waals surface area contributed by atoms with Crippen LogP contribution in [0.2, 0.25) is 0 Å². The van der Waals surface area contributed by atoms with E-state index < -0.39 is 9.84 Å². The molecule has 2 N–H and O–H groups in total. The molecule has 6 rings (SSSR count). The fraction of sp³-hybridized carbons (Fsp3) is 0.265. The SMILES string of the molecule is COc1cc2nc(N)n[n+]([O-])c2cc1-c1cccc(OCc2ccccc2)c1.O=S(=O)(CCCN1CCCC1)c1ccc(Br)cc1. The molecule has 12 heteroatoms. The Morgan fingerprint density at radius 2 is 1.72 bits per heavy atom. The predicted molar refractivity (Wildman–Crippen MR) is 182 cm³/mol. The molecule has 2 heterocycles. The Labute approximate surface area is 277 Å². The van der Waals surface area contributed by atoms with Crippen LogP contribution in [0, 0.1) is 5.21 Å². The first-order chi connectivity index (χ1) is 22.2. The average Bonchev–Trinajstić information content (AvgIpc) is 3.58. The number of sulfone groups is 1. The maximum absolute atomic E-state index is 12.1. The normalized spacial score (nSPS) is 13.3. The number of nitrogens with two attached hydrogens (primary N) is 1. The van der Waals surface area contributed by atoms with E-state index in [1.807, 2.05) is 54.6 Å². The third-order valence-electron chi connectivity index (χ3n) is 7.58. The number of methoxy groups -OCH3 is 1.